The second-order valence-corrected chi connectivity index (χ2v) is 2.95. The molecule has 1 rings (SSSR count). The van der Waals surface area contributed by atoms with Gasteiger partial charge in [-0.2, -0.15) is 0 Å². The van der Waals surface area contributed by atoms with Gasteiger partial charge < -0.3 is 0 Å². The fourth-order valence-electron chi connectivity index (χ4n) is 1.02. The summed E-state index contributed by atoms with van der Waals surface area (Å²) in [5.41, 5.74) is 0. The van der Waals surface area contributed by atoms with E-state index in [2.05, 4.69) is 9.24 Å². The first-order valence-corrected chi connectivity index (χ1v) is 3.95. The normalized spacial score (nSPS) is 21.9. The molecule has 0 bridgehead atoms. The van der Waals surface area contributed by atoms with Gasteiger partial charge in [-0.1, -0.05) is 19.3 Å². The second-order valence-electron chi connectivity index (χ2n) is 2.37. The molecule has 1 aliphatic rings. The van der Waals surface area contributed by atoms with E-state index in [0.717, 1.165) is 5.92 Å². The molecule has 1 heteroatoms. The zero-order valence-corrected chi connectivity index (χ0v) is 5.84. The van der Waals surface area contributed by atoms with E-state index in [0.29, 0.717) is 0 Å². The van der Waals surface area contributed by atoms with Gasteiger partial charge in [-0.05, 0) is 18.5 Å². The fraction of sp³-hybridized carbons (Fsp3) is 1.00. The molecule has 0 spiro atoms. The number of rotatable bonds is 2. The van der Waals surface area contributed by atoms with Crippen molar-refractivity contribution in [3.63, 3.8) is 0 Å². The van der Waals surface area contributed by atoms with Crippen LogP contribution in [0.3, 0.4) is 0 Å². The van der Waals surface area contributed by atoms with Gasteiger partial charge in [-0.3, -0.25) is 0 Å². The van der Waals surface area contributed by atoms with Gasteiger partial charge in [0.2, 0.25) is 0 Å². The molecule has 0 aromatic carbocycles. The van der Waals surface area contributed by atoms with Gasteiger partial charge in [0.15, 0.2) is 0 Å². The first-order chi connectivity index (χ1) is 3.43. The largest absolute Gasteiger partial charge is 0.138 e. The van der Waals surface area contributed by atoms with Crippen LogP contribution in [0.25, 0.3) is 0 Å². The quantitative estimate of drug-likeness (QED) is 0.484. The lowest BCUT2D eigenvalue weighted by atomic mass is 9.84. The standard InChI is InChI=1S/C6H13P/c7-5-4-6-2-1-3-6/h6H,1-5,7H2. The molecule has 1 saturated carbocycles. The van der Waals surface area contributed by atoms with E-state index >= 15 is 0 Å². The molecule has 0 radical (unpaired) electrons. The molecule has 1 aliphatic carbocycles. The highest BCUT2D eigenvalue weighted by Crippen LogP contribution is 2.29. The molecule has 0 amide bonds. The number of hydrogen-bond donors (Lipinski definition) is 0. The molecular weight excluding hydrogens is 103 g/mol. The van der Waals surface area contributed by atoms with E-state index in [1.807, 2.05) is 0 Å². The zero-order valence-electron chi connectivity index (χ0n) is 4.69. The van der Waals surface area contributed by atoms with Crippen LogP contribution in [0.2, 0.25) is 0 Å². The van der Waals surface area contributed by atoms with Crippen molar-refractivity contribution in [2.75, 3.05) is 6.16 Å². The third-order valence-corrected chi connectivity index (χ3v) is 2.13. The van der Waals surface area contributed by atoms with E-state index in [9.17, 15) is 0 Å². The van der Waals surface area contributed by atoms with Crippen LogP contribution in [0.15, 0.2) is 0 Å². The third-order valence-electron chi connectivity index (χ3n) is 1.80. The summed E-state index contributed by atoms with van der Waals surface area (Å²) in [5.74, 6) is 1.11. The molecular formula is C6H13P. The molecule has 7 heavy (non-hydrogen) atoms. The Hall–Kier alpha value is 0.430. The summed E-state index contributed by atoms with van der Waals surface area (Å²) < 4.78 is 0. The molecule has 42 valence electrons. The average Bonchev–Trinajstić information content (AvgIpc) is 1.55. The Balaban J connectivity index is 1.93. The number of hydrogen-bond acceptors (Lipinski definition) is 0. The molecule has 0 saturated heterocycles. The zero-order chi connectivity index (χ0) is 5.11. The van der Waals surface area contributed by atoms with Crippen LogP contribution in [0.5, 0.6) is 0 Å². The average molecular weight is 116 g/mol. The van der Waals surface area contributed by atoms with Crippen molar-refractivity contribution in [2.45, 2.75) is 25.7 Å². The van der Waals surface area contributed by atoms with Crippen molar-refractivity contribution in [3.05, 3.63) is 0 Å². The Morgan fingerprint density at radius 1 is 1.43 bits per heavy atom. The Kier molecular flexibility index (Phi) is 2.12. The first-order valence-electron chi connectivity index (χ1n) is 3.13. The van der Waals surface area contributed by atoms with Crippen molar-refractivity contribution < 1.29 is 0 Å². The molecule has 0 nitrogen and oxygen atoms in total. The smallest absolute Gasteiger partial charge is 0.0378 e. The SMILES string of the molecule is PCCC1CCC1. The van der Waals surface area contributed by atoms with Crippen LogP contribution in [-0.4, -0.2) is 6.16 Å². The fourth-order valence-corrected chi connectivity index (χ4v) is 1.49. The molecule has 1 unspecified atom stereocenters. The summed E-state index contributed by atoms with van der Waals surface area (Å²) in [6.07, 6.45) is 7.27. The highest BCUT2D eigenvalue weighted by Gasteiger charge is 2.14. The molecule has 1 atom stereocenters. The Labute approximate surface area is 47.9 Å². The minimum atomic E-state index is 1.11. The third kappa shape index (κ3) is 1.42. The monoisotopic (exact) mass is 116 g/mol. The van der Waals surface area contributed by atoms with Gasteiger partial charge in [0, 0.05) is 0 Å². The maximum atomic E-state index is 2.79. The maximum absolute atomic E-state index is 2.79. The van der Waals surface area contributed by atoms with Crippen LogP contribution in [-0.2, 0) is 0 Å². The minimum absolute atomic E-state index is 1.11. The molecule has 0 aromatic rings. The van der Waals surface area contributed by atoms with Crippen molar-refractivity contribution in [3.8, 4) is 0 Å². The van der Waals surface area contributed by atoms with Crippen molar-refractivity contribution in [1.29, 1.82) is 0 Å². The van der Waals surface area contributed by atoms with Crippen LogP contribution in [0.1, 0.15) is 25.7 Å². The van der Waals surface area contributed by atoms with Crippen molar-refractivity contribution in [2.24, 2.45) is 5.92 Å². The molecule has 0 aromatic heterocycles. The molecule has 1 fully saturated rings. The molecule has 0 heterocycles. The highest BCUT2D eigenvalue weighted by atomic mass is 31.0. The minimum Gasteiger partial charge on any atom is -0.138 e. The summed E-state index contributed by atoms with van der Waals surface area (Å²) >= 11 is 0. The van der Waals surface area contributed by atoms with Gasteiger partial charge >= 0.3 is 0 Å². The van der Waals surface area contributed by atoms with Gasteiger partial charge in [-0.25, -0.2) is 0 Å². The highest BCUT2D eigenvalue weighted by molar-refractivity contribution is 7.16. The first kappa shape index (κ1) is 5.56. The summed E-state index contributed by atoms with van der Waals surface area (Å²) in [5, 5.41) is 0. The van der Waals surface area contributed by atoms with E-state index < -0.39 is 0 Å². The second kappa shape index (κ2) is 2.67. The van der Waals surface area contributed by atoms with Crippen LogP contribution < -0.4 is 0 Å². The van der Waals surface area contributed by atoms with Gasteiger partial charge in [0.25, 0.3) is 0 Å². The summed E-state index contributed by atoms with van der Waals surface area (Å²) in [6.45, 7) is 0. The van der Waals surface area contributed by atoms with Crippen LogP contribution in [0.4, 0.5) is 0 Å². The van der Waals surface area contributed by atoms with E-state index in [-0.39, 0.29) is 0 Å². The van der Waals surface area contributed by atoms with Crippen molar-refractivity contribution in [1.82, 2.24) is 0 Å². The van der Waals surface area contributed by atoms with E-state index in [4.69, 9.17) is 0 Å². The lowest BCUT2D eigenvalue weighted by Gasteiger charge is -2.24. The van der Waals surface area contributed by atoms with Gasteiger partial charge in [0.05, 0.1) is 0 Å². The maximum Gasteiger partial charge on any atom is -0.0378 e. The Morgan fingerprint density at radius 2 is 2.14 bits per heavy atom. The van der Waals surface area contributed by atoms with Crippen molar-refractivity contribution >= 4 is 9.24 Å². The van der Waals surface area contributed by atoms with E-state index in [1.165, 1.54) is 31.8 Å². The topological polar surface area (TPSA) is 0 Å². The van der Waals surface area contributed by atoms with E-state index in [1.54, 1.807) is 0 Å². The summed E-state index contributed by atoms with van der Waals surface area (Å²) in [6, 6.07) is 0. The van der Waals surface area contributed by atoms with Crippen LogP contribution >= 0.6 is 9.24 Å². The Morgan fingerprint density at radius 3 is 2.29 bits per heavy atom. The Bertz CT molecular complexity index is 48.1. The lowest BCUT2D eigenvalue weighted by Crippen LogP contribution is -2.10. The lowest BCUT2D eigenvalue weighted by molar-refractivity contribution is 0.309. The predicted octanol–water partition coefficient (Wildman–Crippen LogP) is 2.05. The molecule has 0 N–H and O–H groups in total. The van der Waals surface area contributed by atoms with Gasteiger partial charge in [-0.15, -0.1) is 9.24 Å². The van der Waals surface area contributed by atoms with Crippen LogP contribution in [0, 0.1) is 5.92 Å². The molecule has 0 aliphatic heterocycles. The predicted molar refractivity (Wildman–Crippen MR) is 36.5 cm³/mol. The van der Waals surface area contributed by atoms with Gasteiger partial charge in [0.1, 0.15) is 0 Å². The summed E-state index contributed by atoms with van der Waals surface area (Å²) in [4.78, 5) is 0. The summed E-state index contributed by atoms with van der Waals surface area (Å²) in [7, 11) is 2.79.